The predicted octanol–water partition coefficient (Wildman–Crippen LogP) is 4.03. The molecule has 3 aliphatic rings. The van der Waals surface area contributed by atoms with Gasteiger partial charge in [-0.15, -0.1) is 0 Å². The number of ketones is 1. The molecular formula is C22H32N2O3. The first kappa shape index (κ1) is 18.7. The Morgan fingerprint density at radius 2 is 1.74 bits per heavy atom. The van der Waals surface area contributed by atoms with Gasteiger partial charge in [0.05, 0.1) is 5.56 Å². The number of hydrogen-bond acceptors (Lipinski definition) is 4. The average molecular weight is 373 g/mol. The minimum Gasteiger partial charge on any atom is -0.455 e. The van der Waals surface area contributed by atoms with Crippen LogP contribution in [0.25, 0.3) is 0 Å². The number of nitrogens with one attached hydrogen (secondary N) is 1. The second kappa shape index (κ2) is 7.78. The zero-order valence-electron chi connectivity index (χ0n) is 16.6. The molecule has 1 saturated heterocycles. The Kier molecular flexibility index (Phi) is 5.40. The van der Waals surface area contributed by atoms with Crippen molar-refractivity contribution in [3.8, 4) is 0 Å². The molecule has 0 aromatic carbocycles. The summed E-state index contributed by atoms with van der Waals surface area (Å²) in [6.45, 7) is 4.84. The Bertz CT molecular complexity index is 709. The lowest BCUT2D eigenvalue weighted by atomic mass is 9.79. The molecule has 2 aliphatic carbocycles. The first-order valence-corrected chi connectivity index (χ1v) is 10.8. The van der Waals surface area contributed by atoms with Gasteiger partial charge in [0.25, 0.3) is 5.91 Å². The molecular weight excluding hydrogens is 340 g/mol. The predicted molar refractivity (Wildman–Crippen MR) is 104 cm³/mol. The Hall–Kier alpha value is -1.62. The van der Waals surface area contributed by atoms with E-state index in [-0.39, 0.29) is 17.2 Å². The minimum absolute atomic E-state index is 0.101. The summed E-state index contributed by atoms with van der Waals surface area (Å²) in [6.07, 6.45) is 12.1. The quantitative estimate of drug-likeness (QED) is 0.867. The molecule has 4 rings (SSSR count). The molecule has 0 bridgehead atoms. The second-order valence-corrected chi connectivity index (χ2v) is 8.65. The molecule has 1 aromatic heterocycles. The smallest absolute Gasteiger partial charge is 0.287 e. The summed E-state index contributed by atoms with van der Waals surface area (Å²) < 4.78 is 5.84. The third-order valence-electron chi connectivity index (χ3n) is 6.90. The highest BCUT2D eigenvalue weighted by molar-refractivity contribution is 6.03. The summed E-state index contributed by atoms with van der Waals surface area (Å²) in [6, 6.07) is 0. The molecule has 1 N–H and O–H groups in total. The molecule has 0 unspecified atom stereocenters. The molecule has 5 heteroatoms. The van der Waals surface area contributed by atoms with Gasteiger partial charge in [0.15, 0.2) is 11.5 Å². The molecule has 1 saturated carbocycles. The zero-order valence-corrected chi connectivity index (χ0v) is 16.6. The van der Waals surface area contributed by atoms with Crippen LogP contribution in [0.5, 0.6) is 0 Å². The Morgan fingerprint density at radius 3 is 2.44 bits per heavy atom. The van der Waals surface area contributed by atoms with Crippen LogP contribution in [0.3, 0.4) is 0 Å². The number of aryl methyl sites for hydroxylation is 1. The van der Waals surface area contributed by atoms with Gasteiger partial charge in [0, 0.05) is 30.5 Å². The van der Waals surface area contributed by atoms with Crippen molar-refractivity contribution in [3.63, 3.8) is 0 Å². The standard InChI is InChI=1S/C22H32N2O3/c1-16-19-17(25)9-8-10-18(19)27-20(16)21(26)23-15-22(11-4-2-5-12-22)24-13-6-3-7-14-24/h2-15H2,1H3,(H,23,26). The number of likely N-dealkylation sites (tertiary alicyclic amines) is 1. The first-order valence-electron chi connectivity index (χ1n) is 10.8. The van der Waals surface area contributed by atoms with Gasteiger partial charge in [-0.2, -0.15) is 0 Å². The lowest BCUT2D eigenvalue weighted by molar-refractivity contribution is 0.0323. The molecule has 0 spiro atoms. The highest BCUT2D eigenvalue weighted by Gasteiger charge is 2.39. The first-order chi connectivity index (χ1) is 13.1. The maximum absolute atomic E-state index is 12.9. The van der Waals surface area contributed by atoms with E-state index in [1.807, 2.05) is 6.92 Å². The Balaban J connectivity index is 1.49. The third-order valence-corrected chi connectivity index (χ3v) is 6.90. The van der Waals surface area contributed by atoms with E-state index >= 15 is 0 Å². The van der Waals surface area contributed by atoms with Crippen LogP contribution in [-0.2, 0) is 6.42 Å². The molecule has 2 heterocycles. The number of carbonyl (C=O) groups excluding carboxylic acids is 2. The summed E-state index contributed by atoms with van der Waals surface area (Å²) >= 11 is 0. The van der Waals surface area contributed by atoms with E-state index in [0.717, 1.165) is 31.5 Å². The van der Waals surface area contributed by atoms with Crippen LogP contribution in [0.1, 0.15) is 96.4 Å². The fourth-order valence-corrected chi connectivity index (χ4v) is 5.37. The van der Waals surface area contributed by atoms with Gasteiger partial charge >= 0.3 is 0 Å². The van der Waals surface area contributed by atoms with E-state index in [1.165, 1.54) is 51.4 Å². The van der Waals surface area contributed by atoms with Crippen LogP contribution in [0.2, 0.25) is 0 Å². The number of Topliss-reactive ketones (excluding diaryl/α,β-unsaturated/α-hetero) is 1. The van der Waals surface area contributed by atoms with Crippen molar-refractivity contribution >= 4 is 11.7 Å². The normalized spacial score (nSPS) is 23.1. The van der Waals surface area contributed by atoms with Crippen LogP contribution < -0.4 is 5.32 Å². The number of carbonyl (C=O) groups is 2. The molecule has 2 fully saturated rings. The lowest BCUT2D eigenvalue weighted by Gasteiger charge is -2.48. The fraction of sp³-hybridized carbons (Fsp3) is 0.727. The van der Waals surface area contributed by atoms with Crippen molar-refractivity contribution in [1.82, 2.24) is 10.2 Å². The fourth-order valence-electron chi connectivity index (χ4n) is 5.37. The number of rotatable bonds is 4. The van der Waals surface area contributed by atoms with E-state index in [1.54, 1.807) is 0 Å². The monoisotopic (exact) mass is 372 g/mol. The maximum atomic E-state index is 12.9. The van der Waals surface area contributed by atoms with Crippen LogP contribution >= 0.6 is 0 Å². The van der Waals surface area contributed by atoms with Crippen molar-refractivity contribution < 1.29 is 14.0 Å². The van der Waals surface area contributed by atoms with E-state index in [2.05, 4.69) is 10.2 Å². The Labute approximate surface area is 161 Å². The van der Waals surface area contributed by atoms with E-state index < -0.39 is 0 Å². The van der Waals surface area contributed by atoms with E-state index in [4.69, 9.17) is 4.42 Å². The number of amides is 1. The SMILES string of the molecule is Cc1c(C(=O)NCC2(N3CCCCC3)CCCCC2)oc2c1C(=O)CCC2. The van der Waals surface area contributed by atoms with Crippen LogP contribution in [0.15, 0.2) is 4.42 Å². The average Bonchev–Trinajstić information content (AvgIpc) is 3.05. The van der Waals surface area contributed by atoms with Crippen LogP contribution in [0, 0.1) is 6.92 Å². The van der Waals surface area contributed by atoms with Gasteiger partial charge in [-0.3, -0.25) is 14.5 Å². The molecule has 148 valence electrons. The van der Waals surface area contributed by atoms with Crippen molar-refractivity contribution in [2.75, 3.05) is 19.6 Å². The van der Waals surface area contributed by atoms with Crippen molar-refractivity contribution in [2.24, 2.45) is 0 Å². The zero-order chi connectivity index (χ0) is 18.9. The number of piperidine rings is 1. The van der Waals surface area contributed by atoms with Gasteiger partial charge in [0.2, 0.25) is 0 Å². The molecule has 1 aliphatic heterocycles. The minimum atomic E-state index is -0.156. The van der Waals surface area contributed by atoms with E-state index in [0.29, 0.717) is 30.0 Å². The summed E-state index contributed by atoms with van der Waals surface area (Å²) in [4.78, 5) is 27.8. The molecule has 1 amide bonds. The summed E-state index contributed by atoms with van der Waals surface area (Å²) in [5.74, 6) is 1.02. The lowest BCUT2D eigenvalue weighted by Crippen LogP contribution is -2.58. The molecule has 27 heavy (non-hydrogen) atoms. The third kappa shape index (κ3) is 3.58. The van der Waals surface area contributed by atoms with Crippen LogP contribution in [0.4, 0.5) is 0 Å². The summed E-state index contributed by atoms with van der Waals surface area (Å²) in [7, 11) is 0. The second-order valence-electron chi connectivity index (χ2n) is 8.65. The van der Waals surface area contributed by atoms with Gasteiger partial charge in [-0.1, -0.05) is 25.7 Å². The van der Waals surface area contributed by atoms with Crippen molar-refractivity contribution in [3.05, 3.63) is 22.6 Å². The highest BCUT2D eigenvalue weighted by atomic mass is 16.4. The molecule has 1 aromatic rings. The molecule has 0 atom stereocenters. The van der Waals surface area contributed by atoms with Gasteiger partial charge in [-0.25, -0.2) is 0 Å². The Morgan fingerprint density at radius 1 is 1.04 bits per heavy atom. The van der Waals surface area contributed by atoms with Crippen molar-refractivity contribution in [1.29, 1.82) is 0 Å². The summed E-state index contributed by atoms with van der Waals surface area (Å²) in [5, 5.41) is 3.19. The number of hydrogen-bond donors (Lipinski definition) is 1. The summed E-state index contributed by atoms with van der Waals surface area (Å²) in [5.41, 5.74) is 1.49. The topological polar surface area (TPSA) is 62.6 Å². The highest BCUT2D eigenvalue weighted by Crippen LogP contribution is 2.35. The van der Waals surface area contributed by atoms with Crippen molar-refractivity contribution in [2.45, 2.75) is 83.1 Å². The number of fused-ring (bicyclic) bond motifs is 1. The van der Waals surface area contributed by atoms with Gasteiger partial charge in [0.1, 0.15) is 5.76 Å². The maximum Gasteiger partial charge on any atom is 0.287 e. The molecule has 0 radical (unpaired) electrons. The van der Waals surface area contributed by atoms with Crippen LogP contribution in [-0.4, -0.2) is 41.8 Å². The van der Waals surface area contributed by atoms with Gasteiger partial charge < -0.3 is 9.73 Å². The number of furan rings is 1. The van der Waals surface area contributed by atoms with E-state index in [9.17, 15) is 9.59 Å². The van der Waals surface area contributed by atoms with Gasteiger partial charge in [-0.05, 0) is 52.1 Å². The number of nitrogens with zero attached hydrogens (tertiary/aromatic N) is 1. The molecule has 5 nitrogen and oxygen atoms in total. The largest absolute Gasteiger partial charge is 0.455 e.